The number of hydrogen-bond acceptors (Lipinski definition) is 4. The monoisotopic (exact) mass is 230 g/mol. The van der Waals surface area contributed by atoms with Crippen LogP contribution in [0.25, 0.3) is 0 Å². The third-order valence-electron chi connectivity index (χ3n) is 2.29. The van der Waals surface area contributed by atoms with Gasteiger partial charge in [0.15, 0.2) is 6.79 Å². The smallest absolute Gasteiger partial charge is 0.311 e. The molecule has 16 heavy (non-hydrogen) atoms. The molecule has 0 unspecified atom stereocenters. The minimum Gasteiger partial charge on any atom is -0.473 e. The second kappa shape index (κ2) is 7.28. The van der Waals surface area contributed by atoms with Crippen LogP contribution < -0.4 is 0 Å². The largest absolute Gasteiger partial charge is 0.473 e. The Morgan fingerprint density at radius 2 is 1.88 bits per heavy atom. The minimum atomic E-state index is -0.422. The molecule has 94 valence electrons. The highest BCUT2D eigenvalue weighted by atomic mass is 16.7. The number of esters is 1. The summed E-state index contributed by atoms with van der Waals surface area (Å²) in [5.74, 6) is 0.406. The number of ether oxygens (including phenoxy) is 3. The van der Waals surface area contributed by atoms with E-state index in [0.717, 1.165) is 6.42 Å². The highest BCUT2D eigenvalue weighted by Crippen LogP contribution is 2.21. The van der Waals surface area contributed by atoms with E-state index >= 15 is 0 Å². The summed E-state index contributed by atoms with van der Waals surface area (Å²) >= 11 is 0. The van der Waals surface area contributed by atoms with Crippen LogP contribution in [0, 0.1) is 5.41 Å². The lowest BCUT2D eigenvalue weighted by Gasteiger charge is -2.20. The van der Waals surface area contributed by atoms with Gasteiger partial charge in [0.25, 0.3) is 0 Å². The van der Waals surface area contributed by atoms with Gasteiger partial charge in [-0.05, 0) is 27.2 Å². The molecule has 0 N–H and O–H groups in total. The molecule has 0 aliphatic heterocycles. The van der Waals surface area contributed by atoms with Crippen molar-refractivity contribution < 1.29 is 19.0 Å². The molecule has 0 saturated heterocycles. The van der Waals surface area contributed by atoms with Gasteiger partial charge in [-0.15, -0.1) is 0 Å². The van der Waals surface area contributed by atoms with Crippen LogP contribution in [-0.4, -0.2) is 26.0 Å². The third-order valence-corrected chi connectivity index (χ3v) is 2.29. The van der Waals surface area contributed by atoms with Gasteiger partial charge in [0.1, 0.15) is 6.61 Å². The first kappa shape index (κ1) is 15.0. The first-order chi connectivity index (χ1) is 7.40. The highest BCUT2D eigenvalue weighted by molar-refractivity contribution is 5.75. The molecule has 0 bridgehead atoms. The van der Waals surface area contributed by atoms with Crippen molar-refractivity contribution in [3.63, 3.8) is 0 Å². The minimum absolute atomic E-state index is 0.143. The summed E-state index contributed by atoms with van der Waals surface area (Å²) in [4.78, 5) is 11.5. The summed E-state index contributed by atoms with van der Waals surface area (Å²) in [6.45, 7) is 11.7. The zero-order valence-corrected chi connectivity index (χ0v) is 10.7. The molecule has 0 spiro atoms. The van der Waals surface area contributed by atoms with E-state index in [2.05, 4.69) is 6.58 Å². The standard InChI is InChI=1S/C12H22O4/c1-6-12(4,5)11(13)15-8-7-14-9-16-10(2)3/h2,6-9H2,1,3-5H3. The lowest BCUT2D eigenvalue weighted by Crippen LogP contribution is -2.27. The highest BCUT2D eigenvalue weighted by Gasteiger charge is 2.26. The van der Waals surface area contributed by atoms with E-state index in [9.17, 15) is 4.79 Å². The average molecular weight is 230 g/mol. The molecule has 0 atom stereocenters. The molecule has 0 aromatic carbocycles. The van der Waals surface area contributed by atoms with Crippen molar-refractivity contribution in [1.82, 2.24) is 0 Å². The maximum Gasteiger partial charge on any atom is 0.311 e. The third kappa shape index (κ3) is 6.45. The summed E-state index contributed by atoms with van der Waals surface area (Å²) in [6.07, 6.45) is 0.755. The molecule has 0 heterocycles. The van der Waals surface area contributed by atoms with Crippen molar-refractivity contribution in [1.29, 1.82) is 0 Å². The zero-order valence-electron chi connectivity index (χ0n) is 10.7. The first-order valence-corrected chi connectivity index (χ1v) is 5.43. The molecule has 0 fully saturated rings. The van der Waals surface area contributed by atoms with Crippen LogP contribution in [0.15, 0.2) is 12.3 Å². The molecule has 0 aliphatic rings. The Morgan fingerprint density at radius 3 is 2.38 bits per heavy atom. The fourth-order valence-corrected chi connectivity index (χ4v) is 0.734. The van der Waals surface area contributed by atoms with Crippen molar-refractivity contribution in [2.75, 3.05) is 20.0 Å². The molecule has 0 radical (unpaired) electrons. The van der Waals surface area contributed by atoms with E-state index in [-0.39, 0.29) is 19.4 Å². The number of rotatable bonds is 8. The Labute approximate surface area is 97.6 Å². The van der Waals surface area contributed by atoms with Crippen molar-refractivity contribution in [3.05, 3.63) is 12.3 Å². The average Bonchev–Trinajstić information content (AvgIpc) is 2.22. The first-order valence-electron chi connectivity index (χ1n) is 5.43. The van der Waals surface area contributed by atoms with E-state index < -0.39 is 5.41 Å². The van der Waals surface area contributed by atoms with Crippen molar-refractivity contribution in [2.45, 2.75) is 34.1 Å². The van der Waals surface area contributed by atoms with Crippen LogP contribution in [0.1, 0.15) is 34.1 Å². The normalized spacial score (nSPS) is 11.0. The van der Waals surface area contributed by atoms with Gasteiger partial charge in [-0.2, -0.15) is 0 Å². The topological polar surface area (TPSA) is 44.8 Å². The van der Waals surface area contributed by atoms with E-state index in [4.69, 9.17) is 14.2 Å². The van der Waals surface area contributed by atoms with Gasteiger partial charge >= 0.3 is 5.97 Å². The fourth-order valence-electron chi connectivity index (χ4n) is 0.734. The van der Waals surface area contributed by atoms with Gasteiger partial charge in [0.2, 0.25) is 0 Å². The molecule has 0 rings (SSSR count). The maximum absolute atomic E-state index is 11.5. The van der Waals surface area contributed by atoms with Crippen molar-refractivity contribution in [3.8, 4) is 0 Å². The fraction of sp³-hybridized carbons (Fsp3) is 0.750. The molecule has 4 nitrogen and oxygen atoms in total. The van der Waals surface area contributed by atoms with Crippen LogP contribution >= 0.6 is 0 Å². The number of carbonyl (C=O) groups excluding carboxylic acids is 1. The Hall–Kier alpha value is -1.03. The predicted octanol–water partition coefficient (Wildman–Crippen LogP) is 2.49. The van der Waals surface area contributed by atoms with Crippen LogP contribution in [0.3, 0.4) is 0 Å². The van der Waals surface area contributed by atoms with E-state index in [0.29, 0.717) is 12.4 Å². The van der Waals surface area contributed by atoms with Crippen molar-refractivity contribution >= 4 is 5.97 Å². The lowest BCUT2D eigenvalue weighted by atomic mass is 9.91. The number of allylic oxidation sites excluding steroid dienone is 1. The summed E-state index contributed by atoms with van der Waals surface area (Å²) in [5, 5.41) is 0. The summed E-state index contributed by atoms with van der Waals surface area (Å²) < 4.78 is 15.1. The Kier molecular flexibility index (Phi) is 6.81. The molecule has 0 aromatic rings. The van der Waals surface area contributed by atoms with Gasteiger partial charge < -0.3 is 14.2 Å². The van der Waals surface area contributed by atoms with Crippen molar-refractivity contribution in [2.24, 2.45) is 5.41 Å². The second-order valence-electron chi connectivity index (χ2n) is 4.25. The summed E-state index contributed by atoms with van der Waals surface area (Å²) in [7, 11) is 0. The Balaban J connectivity index is 3.52. The maximum atomic E-state index is 11.5. The molecule has 0 aromatic heterocycles. The molecular weight excluding hydrogens is 208 g/mol. The lowest BCUT2D eigenvalue weighted by molar-refractivity contribution is -0.156. The molecule has 0 amide bonds. The van der Waals surface area contributed by atoms with Gasteiger partial charge in [-0.3, -0.25) is 4.79 Å². The molecular formula is C12H22O4. The Bertz CT molecular complexity index is 233. The second-order valence-corrected chi connectivity index (χ2v) is 4.25. The van der Waals surface area contributed by atoms with Crippen LogP contribution in [0.2, 0.25) is 0 Å². The van der Waals surface area contributed by atoms with Gasteiger partial charge in [-0.25, -0.2) is 0 Å². The predicted molar refractivity (Wildman–Crippen MR) is 61.7 cm³/mol. The van der Waals surface area contributed by atoms with E-state index in [1.54, 1.807) is 6.92 Å². The van der Waals surface area contributed by atoms with Gasteiger partial charge in [0.05, 0.1) is 17.8 Å². The summed E-state index contributed by atoms with van der Waals surface area (Å²) in [6, 6.07) is 0. The van der Waals surface area contributed by atoms with Crippen LogP contribution in [0.4, 0.5) is 0 Å². The number of carbonyl (C=O) groups is 1. The van der Waals surface area contributed by atoms with Crippen LogP contribution in [0.5, 0.6) is 0 Å². The van der Waals surface area contributed by atoms with Gasteiger partial charge in [0, 0.05) is 0 Å². The summed E-state index contributed by atoms with van der Waals surface area (Å²) in [5.41, 5.74) is -0.422. The van der Waals surface area contributed by atoms with E-state index in [1.165, 1.54) is 0 Å². The molecule has 0 aliphatic carbocycles. The zero-order chi connectivity index (χ0) is 12.6. The van der Waals surface area contributed by atoms with Crippen LogP contribution in [-0.2, 0) is 19.0 Å². The SMILES string of the molecule is C=C(C)OCOCCOC(=O)C(C)(C)CC. The molecule has 0 saturated carbocycles. The molecule has 4 heteroatoms. The quantitative estimate of drug-likeness (QED) is 0.278. The van der Waals surface area contributed by atoms with Gasteiger partial charge in [-0.1, -0.05) is 13.5 Å². The van der Waals surface area contributed by atoms with E-state index in [1.807, 2.05) is 20.8 Å². The number of hydrogen-bond donors (Lipinski definition) is 0. The Morgan fingerprint density at radius 1 is 1.25 bits per heavy atom.